The van der Waals surface area contributed by atoms with Crippen molar-refractivity contribution < 1.29 is 19.4 Å². The Morgan fingerprint density at radius 1 is 1.00 bits per heavy atom. The predicted octanol–water partition coefficient (Wildman–Crippen LogP) is 5.40. The molecular formula is C22H21FO3. The van der Waals surface area contributed by atoms with Crippen LogP contribution in [0.15, 0.2) is 54.1 Å². The molecule has 2 N–H and O–H groups in total. The SMILES string of the molecule is O=C(O)C=Cc1ccc(C(=C2CCCCC2)c2ccc(O)cc2)c(F)c1. The van der Waals surface area contributed by atoms with Gasteiger partial charge >= 0.3 is 5.97 Å². The second-order valence-electron chi connectivity index (χ2n) is 6.50. The smallest absolute Gasteiger partial charge is 0.328 e. The molecule has 3 nitrogen and oxygen atoms in total. The molecule has 1 aliphatic carbocycles. The summed E-state index contributed by atoms with van der Waals surface area (Å²) < 4.78 is 14.9. The van der Waals surface area contributed by atoms with Gasteiger partial charge in [0.25, 0.3) is 0 Å². The fourth-order valence-corrected chi connectivity index (χ4v) is 3.41. The number of rotatable bonds is 4. The number of halogens is 1. The molecule has 0 saturated heterocycles. The van der Waals surface area contributed by atoms with E-state index in [0.717, 1.165) is 42.9 Å². The summed E-state index contributed by atoms with van der Waals surface area (Å²) in [7, 11) is 0. The van der Waals surface area contributed by atoms with Gasteiger partial charge in [-0.1, -0.05) is 36.3 Å². The zero-order valence-electron chi connectivity index (χ0n) is 14.4. The summed E-state index contributed by atoms with van der Waals surface area (Å²) in [6.07, 6.45) is 7.63. The van der Waals surface area contributed by atoms with Crippen LogP contribution in [0.25, 0.3) is 11.6 Å². The molecule has 2 aromatic rings. The van der Waals surface area contributed by atoms with Gasteiger partial charge in [-0.15, -0.1) is 0 Å². The molecule has 1 aliphatic rings. The standard InChI is InChI=1S/C22H21FO3/c23-20-14-15(7-13-21(25)26)6-12-19(20)22(16-4-2-1-3-5-16)17-8-10-18(24)11-9-17/h6-14,24H,1-5H2,(H,25,26). The maximum Gasteiger partial charge on any atom is 0.328 e. The molecule has 0 unspecified atom stereocenters. The van der Waals surface area contributed by atoms with E-state index in [2.05, 4.69) is 0 Å². The van der Waals surface area contributed by atoms with Gasteiger partial charge in [0, 0.05) is 11.6 Å². The summed E-state index contributed by atoms with van der Waals surface area (Å²) in [5, 5.41) is 18.3. The van der Waals surface area contributed by atoms with Gasteiger partial charge in [0.15, 0.2) is 0 Å². The van der Waals surface area contributed by atoms with Gasteiger partial charge in [0.1, 0.15) is 11.6 Å². The highest BCUT2D eigenvalue weighted by atomic mass is 19.1. The van der Waals surface area contributed by atoms with Gasteiger partial charge in [-0.25, -0.2) is 9.18 Å². The van der Waals surface area contributed by atoms with Gasteiger partial charge in [0.05, 0.1) is 0 Å². The number of carboxylic acid groups (broad SMARTS) is 1. The average Bonchev–Trinajstić information content (AvgIpc) is 2.64. The fraction of sp³-hybridized carbons (Fsp3) is 0.227. The lowest BCUT2D eigenvalue weighted by atomic mass is 9.84. The molecule has 0 spiro atoms. The van der Waals surface area contributed by atoms with Crippen LogP contribution in [0.3, 0.4) is 0 Å². The zero-order chi connectivity index (χ0) is 18.5. The number of benzene rings is 2. The third-order valence-corrected chi connectivity index (χ3v) is 4.65. The van der Waals surface area contributed by atoms with Crippen LogP contribution in [0.2, 0.25) is 0 Å². The molecule has 0 bridgehead atoms. The summed E-state index contributed by atoms with van der Waals surface area (Å²) >= 11 is 0. The quantitative estimate of drug-likeness (QED) is 0.725. The number of aliphatic carboxylic acids is 1. The highest BCUT2D eigenvalue weighted by Gasteiger charge is 2.18. The van der Waals surface area contributed by atoms with E-state index in [1.807, 2.05) is 12.1 Å². The lowest BCUT2D eigenvalue weighted by Gasteiger charge is -2.21. The lowest BCUT2D eigenvalue weighted by Crippen LogP contribution is -2.02. The number of allylic oxidation sites excluding steroid dienone is 1. The molecule has 0 aromatic heterocycles. The Morgan fingerprint density at radius 2 is 1.69 bits per heavy atom. The minimum absolute atomic E-state index is 0.177. The van der Waals surface area contributed by atoms with Gasteiger partial charge in [-0.05, 0) is 66.7 Å². The Morgan fingerprint density at radius 3 is 2.31 bits per heavy atom. The summed E-state index contributed by atoms with van der Waals surface area (Å²) in [6, 6.07) is 11.6. The van der Waals surface area contributed by atoms with Crippen molar-refractivity contribution in [3.63, 3.8) is 0 Å². The number of hydrogen-bond acceptors (Lipinski definition) is 2. The van der Waals surface area contributed by atoms with Crippen molar-refractivity contribution in [1.82, 2.24) is 0 Å². The van der Waals surface area contributed by atoms with Crippen molar-refractivity contribution in [2.24, 2.45) is 0 Å². The lowest BCUT2D eigenvalue weighted by molar-refractivity contribution is -0.131. The first kappa shape index (κ1) is 17.9. The molecular weight excluding hydrogens is 331 g/mol. The predicted molar refractivity (Wildman–Crippen MR) is 100 cm³/mol. The zero-order valence-corrected chi connectivity index (χ0v) is 14.4. The fourth-order valence-electron chi connectivity index (χ4n) is 3.41. The summed E-state index contributed by atoms with van der Waals surface area (Å²) in [5.41, 5.74) is 4.02. The van der Waals surface area contributed by atoms with E-state index in [1.165, 1.54) is 24.1 Å². The molecule has 3 rings (SSSR count). The van der Waals surface area contributed by atoms with Crippen LogP contribution in [-0.2, 0) is 4.79 Å². The average molecular weight is 352 g/mol. The van der Waals surface area contributed by atoms with E-state index in [-0.39, 0.29) is 11.6 Å². The Hall–Kier alpha value is -2.88. The Kier molecular flexibility index (Phi) is 5.52. The van der Waals surface area contributed by atoms with Crippen molar-refractivity contribution in [1.29, 1.82) is 0 Å². The molecule has 0 aliphatic heterocycles. The van der Waals surface area contributed by atoms with Crippen LogP contribution >= 0.6 is 0 Å². The van der Waals surface area contributed by atoms with Crippen molar-refractivity contribution >= 4 is 17.6 Å². The van der Waals surface area contributed by atoms with Crippen LogP contribution in [-0.4, -0.2) is 16.2 Å². The topological polar surface area (TPSA) is 57.5 Å². The molecule has 4 heteroatoms. The highest BCUT2D eigenvalue weighted by Crippen LogP contribution is 2.36. The first-order valence-electron chi connectivity index (χ1n) is 8.77. The molecule has 2 aromatic carbocycles. The van der Waals surface area contributed by atoms with Crippen molar-refractivity contribution in [3.8, 4) is 5.75 Å². The molecule has 0 radical (unpaired) electrons. The molecule has 134 valence electrons. The monoisotopic (exact) mass is 352 g/mol. The van der Waals surface area contributed by atoms with E-state index < -0.39 is 5.97 Å². The first-order valence-corrected chi connectivity index (χ1v) is 8.77. The van der Waals surface area contributed by atoms with E-state index in [4.69, 9.17) is 5.11 Å². The van der Waals surface area contributed by atoms with Crippen molar-refractivity contribution in [2.75, 3.05) is 0 Å². The maximum atomic E-state index is 14.9. The number of carbonyl (C=O) groups is 1. The third kappa shape index (κ3) is 4.20. The normalized spacial score (nSPS) is 14.6. The van der Waals surface area contributed by atoms with Gasteiger partial charge < -0.3 is 10.2 Å². The van der Waals surface area contributed by atoms with Gasteiger partial charge in [0.2, 0.25) is 0 Å². The van der Waals surface area contributed by atoms with Crippen molar-refractivity contribution in [2.45, 2.75) is 32.1 Å². The third-order valence-electron chi connectivity index (χ3n) is 4.65. The second-order valence-corrected chi connectivity index (χ2v) is 6.50. The number of aromatic hydroxyl groups is 1. The Bertz CT molecular complexity index is 855. The molecule has 1 saturated carbocycles. The second kappa shape index (κ2) is 8.00. The first-order chi connectivity index (χ1) is 12.5. The molecule has 0 atom stereocenters. The van der Waals surface area contributed by atoms with Gasteiger partial charge in [-0.2, -0.15) is 0 Å². The molecule has 0 amide bonds. The minimum atomic E-state index is -1.07. The number of phenols is 1. The van der Waals surface area contributed by atoms with Crippen molar-refractivity contribution in [3.05, 3.63) is 76.6 Å². The van der Waals surface area contributed by atoms with Crippen LogP contribution in [0, 0.1) is 5.82 Å². The largest absolute Gasteiger partial charge is 0.508 e. The molecule has 1 fully saturated rings. The van der Waals surface area contributed by atoms with Gasteiger partial charge in [-0.3, -0.25) is 0 Å². The Labute approximate surface area is 152 Å². The minimum Gasteiger partial charge on any atom is -0.508 e. The number of carboxylic acids is 1. The number of phenolic OH excluding ortho intramolecular Hbond substituents is 1. The van der Waals surface area contributed by atoms with E-state index in [0.29, 0.717) is 11.1 Å². The number of hydrogen-bond donors (Lipinski definition) is 2. The van der Waals surface area contributed by atoms with Crippen LogP contribution in [0.4, 0.5) is 4.39 Å². The maximum absolute atomic E-state index is 14.9. The Balaban J connectivity index is 2.07. The van der Waals surface area contributed by atoms with Crippen LogP contribution in [0.1, 0.15) is 48.8 Å². The highest BCUT2D eigenvalue weighted by molar-refractivity contribution is 5.86. The summed E-state index contributed by atoms with van der Waals surface area (Å²) in [6.45, 7) is 0. The van der Waals surface area contributed by atoms with E-state index in [1.54, 1.807) is 24.3 Å². The van der Waals surface area contributed by atoms with E-state index >= 15 is 0 Å². The summed E-state index contributed by atoms with van der Waals surface area (Å²) in [4.78, 5) is 10.6. The molecule has 0 heterocycles. The summed E-state index contributed by atoms with van der Waals surface area (Å²) in [5.74, 6) is -1.27. The van der Waals surface area contributed by atoms with Crippen LogP contribution < -0.4 is 0 Å². The van der Waals surface area contributed by atoms with E-state index in [9.17, 15) is 14.3 Å². The van der Waals surface area contributed by atoms with Crippen LogP contribution in [0.5, 0.6) is 5.75 Å². The molecule has 26 heavy (non-hydrogen) atoms.